The zero-order valence-corrected chi connectivity index (χ0v) is 19.5. The van der Waals surface area contributed by atoms with Gasteiger partial charge < -0.3 is 9.47 Å². The molecule has 0 spiro atoms. The van der Waals surface area contributed by atoms with Crippen molar-refractivity contribution in [2.75, 3.05) is 24.2 Å². The molecule has 0 radical (unpaired) electrons. The Bertz CT molecular complexity index is 1240. The van der Waals surface area contributed by atoms with E-state index in [-0.39, 0.29) is 19.8 Å². The summed E-state index contributed by atoms with van der Waals surface area (Å²) >= 11 is 1.26. The third kappa shape index (κ3) is 4.92. The van der Waals surface area contributed by atoms with Crippen molar-refractivity contribution in [3.05, 3.63) is 77.9 Å². The quantitative estimate of drug-likeness (QED) is 0.356. The minimum atomic E-state index is -4.20. The van der Waals surface area contributed by atoms with E-state index >= 15 is 0 Å². The molecule has 0 atom stereocenters. The van der Waals surface area contributed by atoms with Gasteiger partial charge in [0.1, 0.15) is 18.3 Å². The van der Waals surface area contributed by atoms with Crippen LogP contribution in [-0.2, 0) is 31.0 Å². The Labute approximate surface area is 196 Å². The Morgan fingerprint density at radius 1 is 0.970 bits per heavy atom. The second-order valence-corrected chi connectivity index (χ2v) is 10.0. The van der Waals surface area contributed by atoms with Crippen molar-refractivity contribution in [2.24, 2.45) is 0 Å². The fourth-order valence-electron chi connectivity index (χ4n) is 3.35. The first-order valence-corrected chi connectivity index (χ1v) is 12.4. The summed E-state index contributed by atoms with van der Waals surface area (Å²) in [6.45, 7) is 0.782. The van der Waals surface area contributed by atoms with E-state index in [0.29, 0.717) is 14.9 Å². The molecule has 33 heavy (non-hydrogen) atoms. The highest BCUT2D eigenvalue weighted by atomic mass is 32.2. The van der Waals surface area contributed by atoms with Gasteiger partial charge in [0.25, 0.3) is 5.91 Å². The molecule has 4 rings (SSSR count). The molecule has 3 aromatic rings. The standard InChI is InChI=1S/C23H22N2O6S2/c1-17(26)31-13-12-30-16-25-22(27)20-14-21(19-10-6-3-7-11-19)32-23(20)24(33(25,28)29)15-18-8-4-2-5-9-18/h2-11,14H,12-13,15-16H2,1H3. The highest BCUT2D eigenvalue weighted by Crippen LogP contribution is 2.43. The van der Waals surface area contributed by atoms with Crippen molar-refractivity contribution in [1.29, 1.82) is 0 Å². The summed E-state index contributed by atoms with van der Waals surface area (Å²) in [6, 6.07) is 20.4. The Balaban J connectivity index is 1.68. The summed E-state index contributed by atoms with van der Waals surface area (Å²) in [7, 11) is -4.20. The van der Waals surface area contributed by atoms with E-state index in [9.17, 15) is 18.0 Å². The third-order valence-electron chi connectivity index (χ3n) is 4.92. The van der Waals surface area contributed by atoms with Crippen LogP contribution in [0.5, 0.6) is 0 Å². The molecule has 0 fully saturated rings. The van der Waals surface area contributed by atoms with E-state index in [1.54, 1.807) is 6.07 Å². The molecule has 8 nitrogen and oxygen atoms in total. The molecule has 2 aromatic carbocycles. The normalized spacial score (nSPS) is 14.8. The molecule has 172 valence electrons. The number of thiophene rings is 1. The number of carbonyl (C=O) groups excluding carboxylic acids is 2. The molecule has 0 bridgehead atoms. The van der Waals surface area contributed by atoms with Gasteiger partial charge in [-0.2, -0.15) is 12.7 Å². The molecular formula is C23H22N2O6S2. The van der Waals surface area contributed by atoms with Gasteiger partial charge in [0, 0.05) is 11.8 Å². The molecule has 0 saturated heterocycles. The van der Waals surface area contributed by atoms with Gasteiger partial charge in [-0.15, -0.1) is 11.3 Å². The van der Waals surface area contributed by atoms with Crippen molar-refractivity contribution in [2.45, 2.75) is 13.5 Å². The number of anilines is 1. The van der Waals surface area contributed by atoms with Crippen LogP contribution >= 0.6 is 11.3 Å². The number of hydrogen-bond donors (Lipinski definition) is 0. The van der Waals surface area contributed by atoms with Crippen molar-refractivity contribution < 1.29 is 27.5 Å². The molecule has 0 aliphatic carbocycles. The summed E-state index contributed by atoms with van der Waals surface area (Å²) in [5, 5.41) is 0.374. The number of esters is 1. The maximum Gasteiger partial charge on any atom is 0.331 e. The van der Waals surface area contributed by atoms with E-state index in [1.807, 2.05) is 60.7 Å². The summed E-state index contributed by atoms with van der Waals surface area (Å²) in [5.74, 6) is -1.12. The van der Waals surface area contributed by atoms with Gasteiger partial charge >= 0.3 is 16.2 Å². The summed E-state index contributed by atoms with van der Waals surface area (Å²) in [4.78, 5) is 24.9. The van der Waals surface area contributed by atoms with Gasteiger partial charge in [0.15, 0.2) is 0 Å². The van der Waals surface area contributed by atoms with Gasteiger partial charge in [-0.25, -0.2) is 4.31 Å². The zero-order valence-electron chi connectivity index (χ0n) is 17.8. The van der Waals surface area contributed by atoms with Crippen molar-refractivity contribution in [3.8, 4) is 10.4 Å². The molecule has 0 N–H and O–H groups in total. The third-order valence-corrected chi connectivity index (χ3v) is 7.94. The van der Waals surface area contributed by atoms with E-state index in [2.05, 4.69) is 0 Å². The summed E-state index contributed by atoms with van der Waals surface area (Å²) < 4.78 is 39.1. The topological polar surface area (TPSA) is 93.2 Å². The highest BCUT2D eigenvalue weighted by Gasteiger charge is 2.43. The maximum atomic E-state index is 13.5. The molecule has 1 aliphatic rings. The predicted octanol–water partition coefficient (Wildman–Crippen LogP) is 3.66. The van der Waals surface area contributed by atoms with Crippen molar-refractivity contribution in [3.63, 3.8) is 0 Å². The van der Waals surface area contributed by atoms with Gasteiger partial charge in [0.2, 0.25) is 0 Å². The van der Waals surface area contributed by atoms with Crippen molar-refractivity contribution in [1.82, 2.24) is 4.31 Å². The number of rotatable bonds is 8. The van der Waals surface area contributed by atoms with Gasteiger partial charge in [-0.1, -0.05) is 60.7 Å². The second kappa shape index (κ2) is 9.74. The number of nitrogens with zero attached hydrogens (tertiary/aromatic N) is 2. The smallest absolute Gasteiger partial charge is 0.331 e. The lowest BCUT2D eigenvalue weighted by Gasteiger charge is -2.34. The molecule has 10 heteroatoms. The number of carbonyl (C=O) groups is 2. The van der Waals surface area contributed by atoms with Crippen LogP contribution in [0.25, 0.3) is 10.4 Å². The fraction of sp³-hybridized carbons (Fsp3) is 0.217. The Morgan fingerprint density at radius 2 is 1.64 bits per heavy atom. The molecule has 0 unspecified atom stereocenters. The van der Waals surface area contributed by atoms with Gasteiger partial charge in [-0.05, 0) is 17.2 Å². The number of ether oxygens (including phenoxy) is 2. The maximum absolute atomic E-state index is 13.5. The number of amides is 1. The minimum absolute atomic E-state index is 0.0347. The van der Waals surface area contributed by atoms with E-state index < -0.39 is 28.8 Å². The number of benzene rings is 2. The second-order valence-electron chi connectivity index (χ2n) is 7.23. The van der Waals surface area contributed by atoms with Crippen LogP contribution < -0.4 is 4.31 Å². The Hall–Kier alpha value is -3.21. The Kier molecular flexibility index (Phi) is 6.77. The molecule has 1 aromatic heterocycles. The average molecular weight is 487 g/mol. The lowest BCUT2D eigenvalue weighted by Crippen LogP contribution is -2.51. The van der Waals surface area contributed by atoms with Crippen LogP contribution in [0.3, 0.4) is 0 Å². The predicted molar refractivity (Wildman–Crippen MR) is 125 cm³/mol. The van der Waals surface area contributed by atoms with Crippen LogP contribution in [-0.4, -0.2) is 44.5 Å². The monoisotopic (exact) mass is 486 g/mol. The van der Waals surface area contributed by atoms with Crippen LogP contribution in [0.2, 0.25) is 0 Å². The van der Waals surface area contributed by atoms with Crippen LogP contribution in [0.15, 0.2) is 66.7 Å². The van der Waals surface area contributed by atoms with Crippen LogP contribution in [0, 0.1) is 0 Å². The minimum Gasteiger partial charge on any atom is -0.463 e. The molecular weight excluding hydrogens is 464 g/mol. The molecule has 2 heterocycles. The molecule has 1 amide bonds. The first kappa shape index (κ1) is 23.0. The van der Waals surface area contributed by atoms with Crippen molar-refractivity contribution >= 4 is 38.4 Å². The molecule has 0 saturated carbocycles. The SMILES string of the molecule is CC(=O)OCCOCN1C(=O)c2cc(-c3ccccc3)sc2N(Cc2ccccc2)S1(=O)=O. The van der Waals surface area contributed by atoms with Gasteiger partial charge in [0.05, 0.1) is 18.7 Å². The molecule has 1 aliphatic heterocycles. The number of fused-ring (bicyclic) bond motifs is 1. The average Bonchev–Trinajstić information content (AvgIpc) is 3.25. The first-order valence-electron chi connectivity index (χ1n) is 10.2. The van der Waals surface area contributed by atoms with Gasteiger partial charge in [-0.3, -0.25) is 9.59 Å². The van der Waals surface area contributed by atoms with E-state index in [4.69, 9.17) is 9.47 Å². The highest BCUT2D eigenvalue weighted by molar-refractivity contribution is 7.91. The Morgan fingerprint density at radius 3 is 2.30 bits per heavy atom. The van der Waals surface area contributed by atoms with Crippen LogP contribution in [0.4, 0.5) is 5.00 Å². The zero-order chi connectivity index (χ0) is 23.4. The lowest BCUT2D eigenvalue weighted by atomic mass is 10.1. The lowest BCUT2D eigenvalue weighted by molar-refractivity contribution is -0.142. The van der Waals surface area contributed by atoms with Crippen LogP contribution in [0.1, 0.15) is 22.8 Å². The van der Waals surface area contributed by atoms with E-state index in [1.165, 1.54) is 22.6 Å². The largest absolute Gasteiger partial charge is 0.463 e. The number of hydrogen-bond acceptors (Lipinski definition) is 7. The summed E-state index contributed by atoms with van der Waals surface area (Å²) in [5.41, 5.74) is 1.98. The fourth-order valence-corrected chi connectivity index (χ4v) is 6.18. The summed E-state index contributed by atoms with van der Waals surface area (Å²) in [6.07, 6.45) is 0. The first-order chi connectivity index (χ1) is 15.9. The van der Waals surface area contributed by atoms with E-state index in [0.717, 1.165) is 16.0 Å².